The Morgan fingerprint density at radius 1 is 1.37 bits per heavy atom. The zero-order chi connectivity index (χ0) is 14.5. The molecule has 0 unspecified atom stereocenters. The molecule has 0 spiro atoms. The quantitative estimate of drug-likeness (QED) is 0.361. The van der Waals surface area contributed by atoms with Crippen LogP contribution in [0, 0.1) is 11.3 Å². The Balaban J connectivity index is 3.04. The molecule has 0 amide bonds. The minimum Gasteiger partial charge on any atom is -0.465 e. The second-order valence-corrected chi connectivity index (χ2v) is 4.75. The van der Waals surface area contributed by atoms with E-state index in [1.165, 1.54) is 18.9 Å². The number of nitrogens with zero attached hydrogens (tertiary/aromatic N) is 2. The number of esters is 1. The van der Waals surface area contributed by atoms with Crippen LogP contribution in [0.1, 0.15) is 12.5 Å². The van der Waals surface area contributed by atoms with Crippen LogP contribution in [-0.4, -0.2) is 33.7 Å². The number of ether oxygens (including phenoxy) is 1. The zero-order valence-corrected chi connectivity index (χ0v) is 11.8. The van der Waals surface area contributed by atoms with Gasteiger partial charge in [-0.25, -0.2) is 4.79 Å². The van der Waals surface area contributed by atoms with Crippen molar-refractivity contribution in [2.75, 3.05) is 27.7 Å². The lowest BCUT2D eigenvalue weighted by Crippen LogP contribution is -2.39. The lowest BCUT2D eigenvalue weighted by molar-refractivity contribution is -0.135. The molecular formula is C15H19N2O2+. The lowest BCUT2D eigenvalue weighted by Gasteiger charge is -2.27. The third-order valence-corrected chi connectivity index (χ3v) is 3.22. The van der Waals surface area contributed by atoms with Gasteiger partial charge in [-0.05, 0) is 42.8 Å². The molecule has 0 aromatic heterocycles. The number of benzene rings is 1. The van der Waals surface area contributed by atoms with Crippen LogP contribution < -0.4 is 4.48 Å². The van der Waals surface area contributed by atoms with Gasteiger partial charge in [0.1, 0.15) is 17.3 Å². The van der Waals surface area contributed by atoms with Crippen molar-refractivity contribution >= 4 is 17.7 Å². The molecule has 0 N–H and O–H groups in total. The molecule has 0 aliphatic carbocycles. The van der Waals surface area contributed by atoms with Crippen LogP contribution in [-0.2, 0) is 9.53 Å². The van der Waals surface area contributed by atoms with E-state index in [0.29, 0.717) is 0 Å². The van der Waals surface area contributed by atoms with Crippen molar-refractivity contribution in [1.29, 1.82) is 5.26 Å². The maximum atomic E-state index is 11.3. The SMILES string of the molecule is CC[N+](C)(C)c1ccc(/C=C(\C#N)C(=O)OC)cc1. The molecule has 4 nitrogen and oxygen atoms in total. The standard InChI is InChI=1S/C15H19N2O2/c1-5-17(2,3)14-8-6-12(7-9-14)10-13(11-16)15(18)19-4/h6-10H,5H2,1-4H3/q+1/b13-10+. The van der Waals surface area contributed by atoms with Gasteiger partial charge in [0.15, 0.2) is 0 Å². The van der Waals surface area contributed by atoms with Gasteiger partial charge in [-0.2, -0.15) is 5.26 Å². The predicted molar refractivity (Wildman–Crippen MR) is 76.2 cm³/mol. The fourth-order valence-electron chi connectivity index (χ4n) is 1.57. The van der Waals surface area contributed by atoms with Crippen LogP contribution in [0.2, 0.25) is 0 Å². The van der Waals surface area contributed by atoms with Gasteiger partial charge in [0.2, 0.25) is 0 Å². The topological polar surface area (TPSA) is 50.1 Å². The van der Waals surface area contributed by atoms with Crippen LogP contribution >= 0.6 is 0 Å². The minimum absolute atomic E-state index is 0.000471. The van der Waals surface area contributed by atoms with Gasteiger partial charge in [-0.1, -0.05) is 0 Å². The highest BCUT2D eigenvalue weighted by Crippen LogP contribution is 2.20. The number of rotatable bonds is 4. The van der Waals surface area contributed by atoms with Gasteiger partial charge in [0.05, 0.1) is 27.7 Å². The molecule has 19 heavy (non-hydrogen) atoms. The Labute approximate surface area is 114 Å². The van der Waals surface area contributed by atoms with Gasteiger partial charge in [0.25, 0.3) is 0 Å². The number of hydrogen-bond acceptors (Lipinski definition) is 3. The molecule has 100 valence electrons. The third kappa shape index (κ3) is 3.67. The smallest absolute Gasteiger partial charge is 0.348 e. The van der Waals surface area contributed by atoms with Crippen LogP contribution in [0.4, 0.5) is 5.69 Å². The van der Waals surface area contributed by atoms with Crippen LogP contribution in [0.25, 0.3) is 6.08 Å². The number of hydrogen-bond donors (Lipinski definition) is 0. The summed E-state index contributed by atoms with van der Waals surface area (Å²) in [5.74, 6) is -0.615. The van der Waals surface area contributed by atoms with E-state index in [-0.39, 0.29) is 5.57 Å². The molecule has 0 radical (unpaired) electrons. The minimum atomic E-state index is -0.615. The first kappa shape index (κ1) is 14.9. The highest BCUT2D eigenvalue weighted by Gasteiger charge is 2.15. The summed E-state index contributed by atoms with van der Waals surface area (Å²) < 4.78 is 5.32. The van der Waals surface area contributed by atoms with E-state index in [2.05, 4.69) is 25.8 Å². The molecule has 0 aliphatic heterocycles. The lowest BCUT2D eigenvalue weighted by atomic mass is 10.1. The summed E-state index contributed by atoms with van der Waals surface area (Å²) in [6, 6.07) is 9.63. The number of nitriles is 1. The number of methoxy groups -OCH3 is 1. The fourth-order valence-corrected chi connectivity index (χ4v) is 1.57. The summed E-state index contributed by atoms with van der Waals surface area (Å²) in [6.45, 7) is 3.11. The van der Waals surface area contributed by atoms with Gasteiger partial charge >= 0.3 is 5.97 Å². The Kier molecular flexibility index (Phi) is 4.85. The van der Waals surface area contributed by atoms with E-state index in [0.717, 1.165) is 16.6 Å². The van der Waals surface area contributed by atoms with Gasteiger partial charge in [-0.15, -0.1) is 0 Å². The first-order chi connectivity index (χ1) is 8.94. The average Bonchev–Trinajstić information content (AvgIpc) is 2.44. The molecule has 0 aliphatic rings. The molecule has 4 heteroatoms. The summed E-state index contributed by atoms with van der Waals surface area (Å²) >= 11 is 0. The van der Waals surface area contributed by atoms with Crippen LogP contribution in [0.15, 0.2) is 29.8 Å². The van der Waals surface area contributed by atoms with Crippen LogP contribution in [0.3, 0.4) is 0 Å². The highest BCUT2D eigenvalue weighted by atomic mass is 16.5. The van der Waals surface area contributed by atoms with Crippen LogP contribution in [0.5, 0.6) is 0 Å². The van der Waals surface area contributed by atoms with Crippen molar-refractivity contribution in [3.8, 4) is 6.07 Å². The first-order valence-electron chi connectivity index (χ1n) is 6.08. The second-order valence-electron chi connectivity index (χ2n) is 4.75. The normalized spacial score (nSPS) is 11.8. The van der Waals surface area contributed by atoms with Crippen molar-refractivity contribution in [1.82, 2.24) is 4.48 Å². The largest absolute Gasteiger partial charge is 0.465 e. The molecule has 0 saturated carbocycles. The van der Waals surface area contributed by atoms with Crippen molar-refractivity contribution in [2.45, 2.75) is 6.92 Å². The van der Waals surface area contributed by atoms with Crippen molar-refractivity contribution in [2.24, 2.45) is 0 Å². The first-order valence-corrected chi connectivity index (χ1v) is 6.08. The van der Waals surface area contributed by atoms with Crippen molar-refractivity contribution < 1.29 is 9.53 Å². The van der Waals surface area contributed by atoms with E-state index in [1.807, 2.05) is 30.3 Å². The molecule has 0 atom stereocenters. The number of carbonyl (C=O) groups excluding carboxylic acids is 1. The van der Waals surface area contributed by atoms with E-state index >= 15 is 0 Å². The maximum absolute atomic E-state index is 11.3. The van der Waals surface area contributed by atoms with E-state index in [4.69, 9.17) is 5.26 Å². The van der Waals surface area contributed by atoms with Gasteiger partial charge in [-0.3, -0.25) is 4.48 Å². The highest BCUT2D eigenvalue weighted by molar-refractivity contribution is 5.97. The van der Waals surface area contributed by atoms with Crippen molar-refractivity contribution in [3.63, 3.8) is 0 Å². The Morgan fingerprint density at radius 2 is 1.95 bits per heavy atom. The second kappa shape index (κ2) is 6.17. The average molecular weight is 259 g/mol. The summed E-state index contributed by atoms with van der Waals surface area (Å²) in [4.78, 5) is 11.3. The summed E-state index contributed by atoms with van der Waals surface area (Å²) in [6.07, 6.45) is 1.53. The Bertz CT molecular complexity index is 522. The van der Waals surface area contributed by atoms with Gasteiger partial charge in [0, 0.05) is 0 Å². The van der Waals surface area contributed by atoms with E-state index in [9.17, 15) is 4.79 Å². The third-order valence-electron chi connectivity index (χ3n) is 3.22. The van der Waals surface area contributed by atoms with E-state index < -0.39 is 5.97 Å². The molecular weight excluding hydrogens is 240 g/mol. The molecule has 0 fully saturated rings. The van der Waals surface area contributed by atoms with E-state index in [1.54, 1.807) is 0 Å². The molecule has 0 saturated heterocycles. The summed E-state index contributed by atoms with van der Waals surface area (Å²) in [7, 11) is 5.51. The number of carbonyl (C=O) groups is 1. The van der Waals surface area contributed by atoms with Gasteiger partial charge < -0.3 is 4.74 Å². The fraction of sp³-hybridized carbons (Fsp3) is 0.333. The summed E-state index contributed by atoms with van der Waals surface area (Å²) in [5, 5.41) is 8.89. The molecule has 0 heterocycles. The zero-order valence-electron chi connectivity index (χ0n) is 11.8. The van der Waals surface area contributed by atoms with Crippen molar-refractivity contribution in [3.05, 3.63) is 35.4 Å². The molecule has 0 bridgehead atoms. The monoisotopic (exact) mass is 259 g/mol. The Morgan fingerprint density at radius 3 is 2.37 bits per heavy atom. The molecule has 1 aromatic rings. The predicted octanol–water partition coefficient (Wildman–Crippen LogP) is 2.35. The maximum Gasteiger partial charge on any atom is 0.348 e. The number of quaternary nitrogens is 1. The molecule has 1 rings (SSSR count). The summed E-state index contributed by atoms with van der Waals surface area (Å²) in [5.41, 5.74) is 1.98. The molecule has 1 aromatic carbocycles. The Hall–Kier alpha value is -2.12.